The van der Waals surface area contributed by atoms with Gasteiger partial charge >= 0.3 is 6.09 Å². The summed E-state index contributed by atoms with van der Waals surface area (Å²) >= 11 is 0.574. The molecule has 0 saturated heterocycles. The summed E-state index contributed by atoms with van der Waals surface area (Å²) in [7, 11) is 0. The van der Waals surface area contributed by atoms with Crippen LogP contribution in [0.5, 0.6) is 0 Å². The van der Waals surface area contributed by atoms with Crippen molar-refractivity contribution in [2.45, 2.75) is 26.4 Å². The molecule has 2 aromatic rings. The molecule has 2 heterocycles. The first-order valence-electron chi connectivity index (χ1n) is 8.07. The molecule has 0 fully saturated rings. The van der Waals surface area contributed by atoms with Crippen LogP contribution in [0.15, 0.2) is 24.4 Å². The number of nitrogens with two attached hydrogens (primary N) is 1. The maximum Gasteiger partial charge on any atom is 0.414 e. The van der Waals surface area contributed by atoms with E-state index in [9.17, 15) is 18.8 Å². The van der Waals surface area contributed by atoms with Crippen LogP contribution in [0.4, 0.5) is 14.2 Å². The third-order valence-electron chi connectivity index (χ3n) is 3.21. The van der Waals surface area contributed by atoms with Crippen LogP contribution in [0.2, 0.25) is 0 Å². The molecule has 144 valence electrons. The van der Waals surface area contributed by atoms with Gasteiger partial charge in [-0.05, 0) is 32.5 Å². The molecule has 0 unspecified atom stereocenters. The second kappa shape index (κ2) is 9.19. The zero-order valence-corrected chi connectivity index (χ0v) is 15.6. The van der Waals surface area contributed by atoms with Gasteiger partial charge in [0, 0.05) is 29.9 Å². The van der Waals surface area contributed by atoms with E-state index in [0.29, 0.717) is 30.0 Å². The van der Waals surface area contributed by atoms with Crippen LogP contribution in [-0.2, 0) is 11.2 Å². The molecule has 2 rings (SSSR count). The van der Waals surface area contributed by atoms with Crippen molar-refractivity contribution in [3.05, 3.63) is 46.3 Å². The topological polar surface area (TPSA) is 123 Å². The first kappa shape index (κ1) is 20.5. The summed E-state index contributed by atoms with van der Waals surface area (Å²) < 4.78 is 18.5. The highest BCUT2D eigenvalue weighted by Crippen LogP contribution is 2.27. The number of hydrogen-bond acceptors (Lipinski definition) is 7. The lowest BCUT2D eigenvalue weighted by molar-refractivity contribution is 0.0877. The SMILES string of the molecule is CC(C)OC(=O)NC(=O)c1cc(F)sc1NC(=O)c1ccnc(CCN)c1. The summed E-state index contributed by atoms with van der Waals surface area (Å²) in [5.74, 6) is -1.43. The number of hydrogen-bond donors (Lipinski definition) is 3. The molecule has 4 N–H and O–H groups in total. The highest BCUT2D eigenvalue weighted by Gasteiger charge is 2.21. The Labute approximate surface area is 158 Å². The average molecular weight is 394 g/mol. The first-order valence-corrected chi connectivity index (χ1v) is 8.89. The maximum absolute atomic E-state index is 13.7. The van der Waals surface area contributed by atoms with Gasteiger partial charge in [-0.1, -0.05) is 11.3 Å². The normalized spacial score (nSPS) is 10.6. The van der Waals surface area contributed by atoms with E-state index in [2.05, 4.69) is 10.3 Å². The number of thiophene rings is 1. The number of ether oxygens (including phenoxy) is 1. The maximum atomic E-state index is 13.7. The Balaban J connectivity index is 2.15. The second-order valence-electron chi connectivity index (χ2n) is 5.73. The van der Waals surface area contributed by atoms with Gasteiger partial charge in [0.2, 0.25) is 0 Å². The molecule has 0 aliphatic heterocycles. The van der Waals surface area contributed by atoms with Gasteiger partial charge in [-0.25, -0.2) is 4.79 Å². The number of carbonyl (C=O) groups excluding carboxylic acids is 3. The van der Waals surface area contributed by atoms with Gasteiger partial charge in [0.1, 0.15) is 5.00 Å². The summed E-state index contributed by atoms with van der Waals surface area (Å²) in [6, 6.07) is 3.98. The van der Waals surface area contributed by atoms with Gasteiger partial charge in [0.25, 0.3) is 11.8 Å². The third-order valence-corrected chi connectivity index (χ3v) is 4.05. The summed E-state index contributed by atoms with van der Waals surface area (Å²) in [5, 5.41) is 3.75. The van der Waals surface area contributed by atoms with Gasteiger partial charge < -0.3 is 15.8 Å². The Bertz CT molecular complexity index is 853. The monoisotopic (exact) mass is 394 g/mol. The van der Waals surface area contributed by atoms with E-state index < -0.39 is 29.1 Å². The minimum absolute atomic E-state index is 0.0236. The van der Waals surface area contributed by atoms with Crippen LogP contribution in [0.25, 0.3) is 0 Å². The highest BCUT2D eigenvalue weighted by molar-refractivity contribution is 7.15. The van der Waals surface area contributed by atoms with Crippen molar-refractivity contribution < 1.29 is 23.5 Å². The summed E-state index contributed by atoms with van der Waals surface area (Å²) in [6.07, 6.45) is 0.579. The van der Waals surface area contributed by atoms with Gasteiger partial charge in [-0.15, -0.1) is 0 Å². The molecule has 0 aromatic carbocycles. The molecule has 0 bridgehead atoms. The molecule has 0 aliphatic rings. The highest BCUT2D eigenvalue weighted by atomic mass is 32.1. The number of nitrogens with one attached hydrogen (secondary N) is 2. The third kappa shape index (κ3) is 5.83. The summed E-state index contributed by atoms with van der Waals surface area (Å²) in [6.45, 7) is 3.62. The van der Waals surface area contributed by atoms with Crippen LogP contribution in [0, 0.1) is 5.13 Å². The number of halogens is 1. The number of alkyl carbamates (subject to hydrolysis) is 1. The van der Waals surface area contributed by atoms with E-state index >= 15 is 0 Å². The molecule has 0 aliphatic carbocycles. The van der Waals surface area contributed by atoms with Crippen molar-refractivity contribution in [3.8, 4) is 0 Å². The average Bonchev–Trinajstić information content (AvgIpc) is 2.95. The van der Waals surface area contributed by atoms with Crippen LogP contribution < -0.4 is 16.4 Å². The van der Waals surface area contributed by atoms with E-state index in [1.165, 1.54) is 12.3 Å². The smallest absolute Gasteiger partial charge is 0.414 e. The van der Waals surface area contributed by atoms with Crippen molar-refractivity contribution in [1.29, 1.82) is 0 Å². The van der Waals surface area contributed by atoms with E-state index in [0.717, 1.165) is 6.07 Å². The lowest BCUT2D eigenvalue weighted by Gasteiger charge is -2.09. The molecular weight excluding hydrogens is 375 g/mol. The molecule has 2 aromatic heterocycles. The van der Waals surface area contributed by atoms with Crippen LogP contribution in [-0.4, -0.2) is 35.5 Å². The lowest BCUT2D eigenvalue weighted by Crippen LogP contribution is -2.33. The van der Waals surface area contributed by atoms with Crippen molar-refractivity contribution >= 4 is 34.2 Å². The number of anilines is 1. The molecule has 10 heteroatoms. The number of aromatic nitrogens is 1. The largest absolute Gasteiger partial charge is 0.447 e. The van der Waals surface area contributed by atoms with E-state index in [1.54, 1.807) is 19.9 Å². The first-order chi connectivity index (χ1) is 12.8. The molecule has 0 atom stereocenters. The molecule has 3 amide bonds. The number of nitrogens with zero attached hydrogens (tertiary/aromatic N) is 1. The molecule has 27 heavy (non-hydrogen) atoms. The Kier molecular flexibility index (Phi) is 6.97. The van der Waals surface area contributed by atoms with Crippen molar-refractivity contribution in [2.24, 2.45) is 5.73 Å². The zero-order chi connectivity index (χ0) is 20.0. The number of rotatable bonds is 6. The van der Waals surface area contributed by atoms with Crippen molar-refractivity contribution in [1.82, 2.24) is 10.3 Å². The lowest BCUT2D eigenvalue weighted by atomic mass is 10.2. The van der Waals surface area contributed by atoms with Crippen LogP contribution in [0.1, 0.15) is 40.3 Å². The Morgan fingerprint density at radius 2 is 2.04 bits per heavy atom. The van der Waals surface area contributed by atoms with Crippen LogP contribution in [0.3, 0.4) is 0 Å². The number of amides is 3. The van der Waals surface area contributed by atoms with E-state index in [1.807, 2.05) is 5.32 Å². The minimum atomic E-state index is -0.959. The summed E-state index contributed by atoms with van der Waals surface area (Å²) in [5.41, 5.74) is 6.22. The number of pyridine rings is 1. The quantitative estimate of drug-likeness (QED) is 0.691. The standard InChI is InChI=1S/C17H19FN4O4S/c1-9(2)26-17(25)22-15(24)12-8-13(18)27-16(12)21-14(23)10-4-6-20-11(7-10)3-5-19/h4,6-9H,3,5,19H2,1-2H3,(H,21,23)(H,22,24,25). The van der Waals surface area contributed by atoms with Gasteiger partial charge in [-0.3, -0.25) is 19.9 Å². The Morgan fingerprint density at radius 1 is 1.30 bits per heavy atom. The fraction of sp³-hybridized carbons (Fsp3) is 0.294. The summed E-state index contributed by atoms with van der Waals surface area (Å²) in [4.78, 5) is 40.2. The number of carbonyl (C=O) groups is 3. The fourth-order valence-electron chi connectivity index (χ4n) is 2.11. The number of imide groups is 1. The predicted molar refractivity (Wildman–Crippen MR) is 98.3 cm³/mol. The van der Waals surface area contributed by atoms with E-state index in [-0.39, 0.29) is 16.1 Å². The Hall–Kier alpha value is -2.85. The molecule has 0 radical (unpaired) electrons. The predicted octanol–water partition coefficient (Wildman–Crippen LogP) is 2.31. The molecule has 8 nitrogen and oxygen atoms in total. The molecule has 0 saturated carbocycles. The zero-order valence-electron chi connectivity index (χ0n) is 14.7. The van der Waals surface area contributed by atoms with Crippen molar-refractivity contribution in [3.63, 3.8) is 0 Å². The Morgan fingerprint density at radius 3 is 2.70 bits per heavy atom. The van der Waals surface area contributed by atoms with Crippen LogP contribution >= 0.6 is 11.3 Å². The van der Waals surface area contributed by atoms with Gasteiger partial charge in [0.15, 0.2) is 5.13 Å². The molecule has 0 spiro atoms. The van der Waals surface area contributed by atoms with Gasteiger partial charge in [-0.2, -0.15) is 4.39 Å². The fourth-order valence-corrected chi connectivity index (χ4v) is 2.88. The van der Waals surface area contributed by atoms with Gasteiger partial charge in [0.05, 0.1) is 11.7 Å². The van der Waals surface area contributed by atoms with Crippen molar-refractivity contribution in [2.75, 3.05) is 11.9 Å². The minimum Gasteiger partial charge on any atom is -0.447 e. The van der Waals surface area contributed by atoms with E-state index in [4.69, 9.17) is 10.5 Å². The second-order valence-corrected chi connectivity index (χ2v) is 6.73. The molecular formula is C17H19FN4O4S.